The van der Waals surface area contributed by atoms with Gasteiger partial charge in [-0.3, -0.25) is 0 Å². The molecule has 0 nitrogen and oxygen atoms in total. The van der Waals surface area contributed by atoms with Crippen molar-refractivity contribution in [3.05, 3.63) is 123 Å². The summed E-state index contributed by atoms with van der Waals surface area (Å²) in [4.78, 5) is 0. The van der Waals surface area contributed by atoms with Crippen LogP contribution in [0.25, 0.3) is 28.3 Å². The molecule has 50 heavy (non-hydrogen) atoms. The summed E-state index contributed by atoms with van der Waals surface area (Å²) in [5.41, 5.74) is 21.0. The molecule has 1 atom stereocenters. The molecule has 0 bridgehead atoms. The van der Waals surface area contributed by atoms with E-state index in [1.807, 2.05) is 0 Å². The van der Waals surface area contributed by atoms with E-state index in [-0.39, 0.29) is 0 Å². The minimum absolute atomic E-state index is 0.399. The minimum Gasteiger partial charge on any atom is -0.0998 e. The molecule has 1 unspecified atom stereocenters. The first-order chi connectivity index (χ1) is 23.6. The molecule has 0 saturated heterocycles. The molecule has 0 radical (unpaired) electrons. The molecule has 264 valence electrons. The Balaban J connectivity index is 0.000000808. The molecule has 2 saturated carbocycles. The molecule has 3 aromatic rings. The fraction of sp³-hybridized carbons (Fsp3) is 0.480. The van der Waals surface area contributed by atoms with Crippen LogP contribution in [0.2, 0.25) is 0 Å². The highest BCUT2D eigenvalue weighted by molar-refractivity contribution is 5.94. The fourth-order valence-corrected chi connectivity index (χ4v) is 9.39. The van der Waals surface area contributed by atoms with Crippen molar-refractivity contribution < 1.29 is 0 Å². The Morgan fingerprint density at radius 1 is 0.860 bits per heavy atom. The fourth-order valence-electron chi connectivity index (χ4n) is 9.39. The number of rotatable bonds is 7. The van der Waals surface area contributed by atoms with Crippen LogP contribution < -0.4 is 0 Å². The maximum Gasteiger partial charge on any atom is 0.000174 e. The second-order valence-corrected chi connectivity index (χ2v) is 18.5. The lowest BCUT2D eigenvalue weighted by Crippen LogP contribution is -2.24. The lowest BCUT2D eigenvalue weighted by molar-refractivity contribution is 0.287. The lowest BCUT2D eigenvalue weighted by atomic mass is 9.68. The van der Waals surface area contributed by atoms with Crippen molar-refractivity contribution in [2.45, 2.75) is 132 Å². The van der Waals surface area contributed by atoms with E-state index in [0.29, 0.717) is 22.7 Å². The second-order valence-electron chi connectivity index (χ2n) is 18.5. The first kappa shape index (κ1) is 36.4. The average Bonchev–Trinajstić information content (AvgIpc) is 3.78. The van der Waals surface area contributed by atoms with Crippen LogP contribution in [0.1, 0.15) is 150 Å². The smallest absolute Gasteiger partial charge is 0.000174 e. The number of fused-ring (bicyclic) bond motifs is 2. The third-order valence-corrected chi connectivity index (χ3v) is 12.1. The summed E-state index contributed by atoms with van der Waals surface area (Å²) in [5, 5.41) is 0. The normalized spacial score (nSPS) is 22.2. The quantitative estimate of drug-likeness (QED) is 0.221. The van der Waals surface area contributed by atoms with Crippen LogP contribution in [0, 0.1) is 36.5 Å². The largest absolute Gasteiger partial charge is 0.0998 e. The Labute approximate surface area is 305 Å². The van der Waals surface area contributed by atoms with Crippen molar-refractivity contribution in [2.24, 2.45) is 22.7 Å². The molecule has 0 heterocycles. The van der Waals surface area contributed by atoms with Crippen molar-refractivity contribution in [1.29, 1.82) is 0 Å². The van der Waals surface area contributed by atoms with E-state index in [2.05, 4.69) is 130 Å². The van der Waals surface area contributed by atoms with Gasteiger partial charge in [-0.2, -0.15) is 0 Å². The second kappa shape index (κ2) is 14.3. The summed E-state index contributed by atoms with van der Waals surface area (Å²) >= 11 is 0. The van der Waals surface area contributed by atoms with Crippen LogP contribution in [0.5, 0.6) is 0 Å². The van der Waals surface area contributed by atoms with E-state index in [4.69, 9.17) is 6.58 Å². The summed E-state index contributed by atoms with van der Waals surface area (Å²) in [5.74, 6) is 1.90. The van der Waals surface area contributed by atoms with Gasteiger partial charge in [-0.15, -0.1) is 0 Å². The lowest BCUT2D eigenvalue weighted by Gasteiger charge is -2.37. The predicted molar refractivity (Wildman–Crippen MR) is 221 cm³/mol. The van der Waals surface area contributed by atoms with Crippen LogP contribution >= 0.6 is 0 Å². The summed E-state index contributed by atoms with van der Waals surface area (Å²) in [6, 6.07) is 19.0. The van der Waals surface area contributed by atoms with Crippen molar-refractivity contribution in [1.82, 2.24) is 0 Å². The molecule has 0 aliphatic heterocycles. The van der Waals surface area contributed by atoms with Gasteiger partial charge in [-0.1, -0.05) is 139 Å². The zero-order chi connectivity index (χ0) is 36.0. The van der Waals surface area contributed by atoms with Gasteiger partial charge < -0.3 is 0 Å². The Hall–Kier alpha value is -3.38. The Morgan fingerprint density at radius 3 is 2.10 bits per heavy atom. The van der Waals surface area contributed by atoms with Crippen molar-refractivity contribution in [3.63, 3.8) is 0 Å². The van der Waals surface area contributed by atoms with Gasteiger partial charge >= 0.3 is 0 Å². The van der Waals surface area contributed by atoms with E-state index >= 15 is 0 Å². The topological polar surface area (TPSA) is 0 Å². The van der Waals surface area contributed by atoms with Crippen LogP contribution in [0.3, 0.4) is 0 Å². The maximum atomic E-state index is 4.70. The predicted octanol–water partition coefficient (Wildman–Crippen LogP) is 14.7. The third-order valence-electron chi connectivity index (χ3n) is 12.1. The molecule has 0 N–H and O–H groups in total. The van der Waals surface area contributed by atoms with Gasteiger partial charge in [0.25, 0.3) is 0 Å². The van der Waals surface area contributed by atoms with Gasteiger partial charge in [0.15, 0.2) is 0 Å². The van der Waals surface area contributed by atoms with Crippen molar-refractivity contribution in [2.75, 3.05) is 0 Å². The molecule has 7 rings (SSSR count). The first-order valence-corrected chi connectivity index (χ1v) is 19.7. The third kappa shape index (κ3) is 7.76. The molecule has 2 fully saturated rings. The van der Waals surface area contributed by atoms with Gasteiger partial charge in [-0.25, -0.2) is 0 Å². The van der Waals surface area contributed by atoms with E-state index in [9.17, 15) is 0 Å². The number of allylic oxidation sites excluding steroid dienone is 5. The summed E-state index contributed by atoms with van der Waals surface area (Å²) in [6.07, 6.45) is 17.7. The number of hydrogen-bond donors (Lipinski definition) is 0. The summed E-state index contributed by atoms with van der Waals surface area (Å²) in [6.45, 7) is 29.3. The Morgan fingerprint density at radius 2 is 1.48 bits per heavy atom. The minimum atomic E-state index is 0.399. The van der Waals surface area contributed by atoms with Crippen LogP contribution in [0.15, 0.2) is 78.9 Å². The SMILES string of the molecule is C=C(C)Cc1c(C)cc2c(c1-c1ccc(C)cc1)CC(c1ccc3c(c1)C(C1CCC(C(=C)C4(C)CCCC4)CC1)=CC3C)=C2.CC(C)(C)C. The number of benzene rings is 3. The van der Waals surface area contributed by atoms with Gasteiger partial charge in [0.05, 0.1) is 0 Å². The monoisotopic (exact) mass is 665 g/mol. The molecule has 0 spiro atoms. The molecule has 0 amide bonds. The highest BCUT2D eigenvalue weighted by atomic mass is 14.4. The number of aryl methyl sites for hydroxylation is 2. The van der Waals surface area contributed by atoms with Gasteiger partial charge in [-0.05, 0) is 162 Å². The molecule has 0 heteroatoms. The zero-order valence-corrected chi connectivity index (χ0v) is 33.0. The maximum absolute atomic E-state index is 4.70. The van der Waals surface area contributed by atoms with E-state index in [0.717, 1.165) is 18.8 Å². The summed E-state index contributed by atoms with van der Waals surface area (Å²) in [7, 11) is 0. The van der Waals surface area contributed by atoms with Crippen LogP contribution in [-0.4, -0.2) is 0 Å². The molecule has 3 aromatic carbocycles. The summed E-state index contributed by atoms with van der Waals surface area (Å²) < 4.78 is 0. The number of hydrogen-bond acceptors (Lipinski definition) is 0. The zero-order valence-electron chi connectivity index (χ0n) is 33.0. The molecule has 4 aliphatic carbocycles. The highest BCUT2D eigenvalue weighted by Crippen LogP contribution is 2.52. The molecular formula is C50H64. The van der Waals surface area contributed by atoms with Crippen molar-refractivity contribution in [3.8, 4) is 11.1 Å². The average molecular weight is 665 g/mol. The van der Waals surface area contributed by atoms with Gasteiger partial charge in [0.1, 0.15) is 0 Å². The molecule has 0 aromatic heterocycles. The van der Waals surface area contributed by atoms with E-state index in [1.54, 1.807) is 11.1 Å². The van der Waals surface area contributed by atoms with E-state index < -0.39 is 0 Å². The first-order valence-electron chi connectivity index (χ1n) is 19.7. The van der Waals surface area contributed by atoms with Crippen molar-refractivity contribution >= 4 is 17.2 Å². The van der Waals surface area contributed by atoms with E-state index in [1.165, 1.54) is 118 Å². The Kier molecular flexibility index (Phi) is 10.4. The van der Waals surface area contributed by atoms with Crippen LogP contribution in [0.4, 0.5) is 0 Å². The Bertz CT molecular complexity index is 1810. The molecular weight excluding hydrogens is 601 g/mol. The molecule has 4 aliphatic rings. The highest BCUT2D eigenvalue weighted by Gasteiger charge is 2.38. The standard InChI is InChI=1S/C45H52.C5H12/c1-28(2)22-40-30(4)23-38-25-37(27-42(38)44(40)35-12-10-29(3)11-13-35)36-18-19-39-31(5)24-41(43(39)26-36)34-16-14-33(15-17-34)32(6)45(7)20-8-9-21-45;1-5(2,3)4/h10-13,18-19,23-26,31,33-34H,1,6,8-9,14-17,20-22,27H2,2-5,7H3;1-4H3. The van der Waals surface area contributed by atoms with Gasteiger partial charge in [0.2, 0.25) is 0 Å². The van der Waals surface area contributed by atoms with Crippen LogP contribution in [-0.2, 0) is 12.8 Å². The van der Waals surface area contributed by atoms with Gasteiger partial charge in [0, 0.05) is 5.92 Å².